The summed E-state index contributed by atoms with van der Waals surface area (Å²) in [5.41, 5.74) is 0.988. The van der Waals surface area contributed by atoms with Gasteiger partial charge in [0.15, 0.2) is 5.82 Å². The highest BCUT2D eigenvalue weighted by atomic mass is 16.5. The average Bonchev–Trinajstić information content (AvgIpc) is 3.46. The molecule has 0 spiro atoms. The van der Waals surface area contributed by atoms with Crippen LogP contribution >= 0.6 is 0 Å². The summed E-state index contributed by atoms with van der Waals surface area (Å²) in [6, 6.07) is 8.65. The molecule has 1 aliphatic carbocycles. The molecule has 0 radical (unpaired) electrons. The van der Waals surface area contributed by atoms with Crippen molar-refractivity contribution in [2.45, 2.75) is 44.6 Å². The van der Waals surface area contributed by atoms with Gasteiger partial charge in [-0.15, -0.1) is 0 Å². The zero-order valence-corrected chi connectivity index (χ0v) is 16.8. The highest BCUT2D eigenvalue weighted by Crippen LogP contribution is 2.38. The Kier molecular flexibility index (Phi) is 5.45. The van der Waals surface area contributed by atoms with Gasteiger partial charge in [-0.05, 0) is 45.4 Å². The second-order valence-corrected chi connectivity index (χ2v) is 7.97. The molecule has 0 unspecified atom stereocenters. The van der Waals surface area contributed by atoms with Crippen molar-refractivity contribution in [3.05, 3.63) is 35.9 Å². The van der Waals surface area contributed by atoms with E-state index in [1.807, 2.05) is 22.9 Å². The van der Waals surface area contributed by atoms with E-state index in [4.69, 9.17) is 14.8 Å². The van der Waals surface area contributed by atoms with E-state index in [1.54, 1.807) is 7.11 Å². The number of benzene rings is 1. The summed E-state index contributed by atoms with van der Waals surface area (Å²) in [6.07, 6.45) is 4.47. The van der Waals surface area contributed by atoms with E-state index in [0.29, 0.717) is 12.0 Å². The molecule has 1 atom stereocenters. The van der Waals surface area contributed by atoms with Crippen molar-refractivity contribution in [2.75, 3.05) is 40.3 Å². The Morgan fingerprint density at radius 1 is 1.15 bits per heavy atom. The molecule has 2 heterocycles. The van der Waals surface area contributed by atoms with Crippen LogP contribution in [0.1, 0.15) is 43.8 Å². The van der Waals surface area contributed by atoms with Crippen molar-refractivity contribution in [3.8, 4) is 11.4 Å². The number of ether oxygens (including phenoxy) is 1. The molecule has 146 valence electrons. The molecule has 1 saturated carbocycles. The maximum absolute atomic E-state index is 5.57. The van der Waals surface area contributed by atoms with Gasteiger partial charge >= 0.3 is 0 Å². The lowest BCUT2D eigenvalue weighted by molar-refractivity contribution is 0.114. The van der Waals surface area contributed by atoms with Gasteiger partial charge in [0.1, 0.15) is 17.3 Å². The van der Waals surface area contributed by atoms with Crippen molar-refractivity contribution in [2.24, 2.45) is 0 Å². The molecule has 0 N–H and O–H groups in total. The predicted molar refractivity (Wildman–Crippen MR) is 107 cm³/mol. The van der Waals surface area contributed by atoms with E-state index < -0.39 is 0 Å². The molecule has 6 heteroatoms. The van der Waals surface area contributed by atoms with E-state index >= 15 is 0 Å². The summed E-state index contributed by atoms with van der Waals surface area (Å²) in [5, 5.41) is 4.86. The summed E-state index contributed by atoms with van der Waals surface area (Å²) in [4.78, 5) is 9.93. The van der Waals surface area contributed by atoms with Crippen LogP contribution in [0.3, 0.4) is 0 Å². The van der Waals surface area contributed by atoms with Crippen LogP contribution in [0.5, 0.6) is 5.75 Å². The molecule has 2 aromatic rings. The second kappa shape index (κ2) is 7.98. The number of hydrogen-bond donors (Lipinski definition) is 0. The van der Waals surface area contributed by atoms with Crippen LogP contribution in [0, 0.1) is 0 Å². The Bertz CT molecular complexity index is 762. The molecule has 6 nitrogen and oxygen atoms in total. The van der Waals surface area contributed by atoms with Crippen LogP contribution < -0.4 is 4.74 Å². The molecule has 1 aromatic heterocycles. The van der Waals surface area contributed by atoms with E-state index in [0.717, 1.165) is 62.1 Å². The first-order valence-corrected chi connectivity index (χ1v) is 10.2. The molecule has 4 rings (SSSR count). The smallest absolute Gasteiger partial charge is 0.154 e. The Balaban J connectivity index is 1.51. The third-order valence-electron chi connectivity index (χ3n) is 5.89. The molecule has 27 heavy (non-hydrogen) atoms. The van der Waals surface area contributed by atoms with Gasteiger partial charge in [-0.1, -0.05) is 12.1 Å². The number of nitrogens with zero attached hydrogens (tertiary/aromatic N) is 5. The summed E-state index contributed by atoms with van der Waals surface area (Å²) < 4.78 is 7.59. The summed E-state index contributed by atoms with van der Waals surface area (Å²) in [6.45, 7) is 6.98. The van der Waals surface area contributed by atoms with Crippen LogP contribution in [-0.2, 0) is 6.42 Å². The third kappa shape index (κ3) is 4.17. The zero-order valence-electron chi connectivity index (χ0n) is 16.8. The molecule has 1 aliphatic heterocycles. The highest BCUT2D eigenvalue weighted by Gasteiger charge is 2.30. The molecule has 2 aliphatic rings. The Hall–Kier alpha value is -1.92. The van der Waals surface area contributed by atoms with Crippen LogP contribution in [0.25, 0.3) is 5.69 Å². The fourth-order valence-corrected chi connectivity index (χ4v) is 3.82. The molecule has 1 saturated heterocycles. The summed E-state index contributed by atoms with van der Waals surface area (Å²) >= 11 is 0. The number of methoxy groups -OCH3 is 1. The largest absolute Gasteiger partial charge is 0.494 e. The lowest BCUT2D eigenvalue weighted by atomic mass is 10.1. The van der Waals surface area contributed by atoms with Gasteiger partial charge in [0.05, 0.1) is 7.11 Å². The Labute approximate surface area is 162 Å². The van der Waals surface area contributed by atoms with Crippen LogP contribution in [-0.4, -0.2) is 70.9 Å². The lowest BCUT2D eigenvalue weighted by Gasteiger charge is -2.36. The van der Waals surface area contributed by atoms with E-state index in [1.165, 1.54) is 12.8 Å². The van der Waals surface area contributed by atoms with Gasteiger partial charge in [-0.2, -0.15) is 5.10 Å². The minimum Gasteiger partial charge on any atom is -0.494 e. The van der Waals surface area contributed by atoms with Crippen LogP contribution in [0.15, 0.2) is 24.3 Å². The van der Waals surface area contributed by atoms with Crippen molar-refractivity contribution in [3.63, 3.8) is 0 Å². The van der Waals surface area contributed by atoms with E-state index in [2.05, 4.69) is 29.8 Å². The maximum Gasteiger partial charge on any atom is 0.154 e. The number of aromatic nitrogens is 3. The van der Waals surface area contributed by atoms with Gasteiger partial charge in [0.25, 0.3) is 0 Å². The van der Waals surface area contributed by atoms with Crippen LogP contribution in [0.2, 0.25) is 0 Å². The van der Waals surface area contributed by atoms with Crippen LogP contribution in [0.4, 0.5) is 0 Å². The Morgan fingerprint density at radius 2 is 1.89 bits per heavy atom. The molecular weight excluding hydrogens is 338 g/mol. The van der Waals surface area contributed by atoms with Gasteiger partial charge < -0.3 is 9.64 Å². The first-order chi connectivity index (χ1) is 13.2. The zero-order chi connectivity index (χ0) is 18.8. The molecule has 0 bridgehead atoms. The number of aryl methyl sites for hydroxylation is 1. The quantitative estimate of drug-likeness (QED) is 0.751. The van der Waals surface area contributed by atoms with Crippen molar-refractivity contribution < 1.29 is 4.74 Å². The SMILES string of the molecule is COc1ccccc1-n1nc(C2CC2)nc1CC[C@H](C)N1CCN(C)CC1. The minimum absolute atomic E-state index is 0.551. The van der Waals surface area contributed by atoms with E-state index in [-0.39, 0.29) is 0 Å². The van der Waals surface area contributed by atoms with Gasteiger partial charge in [0, 0.05) is 44.6 Å². The van der Waals surface area contributed by atoms with Crippen molar-refractivity contribution in [1.82, 2.24) is 24.6 Å². The molecule has 2 fully saturated rings. The second-order valence-electron chi connectivity index (χ2n) is 7.97. The lowest BCUT2D eigenvalue weighted by Crippen LogP contribution is -2.48. The number of para-hydroxylation sites is 2. The van der Waals surface area contributed by atoms with Crippen molar-refractivity contribution in [1.29, 1.82) is 0 Å². The average molecular weight is 370 g/mol. The monoisotopic (exact) mass is 369 g/mol. The third-order valence-corrected chi connectivity index (χ3v) is 5.89. The number of rotatable bonds is 7. The van der Waals surface area contributed by atoms with Crippen molar-refractivity contribution >= 4 is 0 Å². The molecular formula is C21H31N5O. The molecule has 1 aromatic carbocycles. The van der Waals surface area contributed by atoms with Gasteiger partial charge in [0.2, 0.25) is 0 Å². The van der Waals surface area contributed by atoms with Gasteiger partial charge in [-0.3, -0.25) is 4.90 Å². The number of piperazine rings is 1. The predicted octanol–water partition coefficient (Wildman–Crippen LogP) is 2.72. The standard InChI is InChI=1S/C21H31N5O/c1-16(25-14-12-24(2)13-15-25)8-11-20-22-21(17-9-10-17)23-26(20)18-6-4-5-7-19(18)27-3/h4-7,16-17H,8-15H2,1-3H3/t16-/m0/s1. The fourth-order valence-electron chi connectivity index (χ4n) is 3.82. The fraction of sp³-hybridized carbons (Fsp3) is 0.619. The first kappa shape index (κ1) is 18.4. The summed E-state index contributed by atoms with van der Waals surface area (Å²) in [7, 11) is 3.92. The van der Waals surface area contributed by atoms with Gasteiger partial charge in [-0.25, -0.2) is 9.67 Å². The summed E-state index contributed by atoms with van der Waals surface area (Å²) in [5.74, 6) is 3.46. The highest BCUT2D eigenvalue weighted by molar-refractivity contribution is 5.46. The topological polar surface area (TPSA) is 46.4 Å². The first-order valence-electron chi connectivity index (χ1n) is 10.2. The number of hydrogen-bond acceptors (Lipinski definition) is 5. The Morgan fingerprint density at radius 3 is 2.59 bits per heavy atom. The molecule has 0 amide bonds. The minimum atomic E-state index is 0.551. The normalized spacial score (nSPS) is 20.0. The maximum atomic E-state index is 5.57. The van der Waals surface area contributed by atoms with E-state index in [9.17, 15) is 0 Å². The number of likely N-dealkylation sites (N-methyl/N-ethyl adjacent to an activating group) is 1.